The molecule has 1 heterocycles. The highest BCUT2D eigenvalue weighted by Gasteiger charge is 2.41. The first kappa shape index (κ1) is 21.7. The van der Waals surface area contributed by atoms with Gasteiger partial charge in [0.25, 0.3) is 5.78 Å². The number of carbonyl (C=O) groups is 2. The number of benzene rings is 2. The highest BCUT2D eigenvalue weighted by molar-refractivity contribution is 9.10. The van der Waals surface area contributed by atoms with Crippen molar-refractivity contribution in [2.24, 2.45) is 0 Å². The van der Waals surface area contributed by atoms with Gasteiger partial charge in [0.1, 0.15) is 18.0 Å². The Labute approximate surface area is 177 Å². The molecule has 0 saturated heterocycles. The lowest BCUT2D eigenvalue weighted by Gasteiger charge is -2.12. The minimum atomic E-state index is -5.03. The lowest BCUT2D eigenvalue weighted by molar-refractivity contribution is -0.116. The second-order valence-corrected chi connectivity index (χ2v) is 7.19. The molecule has 0 atom stereocenters. The molecule has 0 radical (unpaired) electrons. The van der Waals surface area contributed by atoms with Gasteiger partial charge in [-0.05, 0) is 30.3 Å². The van der Waals surface area contributed by atoms with E-state index < -0.39 is 23.4 Å². The molecule has 0 spiro atoms. The van der Waals surface area contributed by atoms with Crippen molar-refractivity contribution in [1.29, 1.82) is 0 Å². The molecular formula is C20H16BrF3N2O4. The van der Waals surface area contributed by atoms with E-state index >= 15 is 0 Å². The number of carbonyl (C=O) groups excluding carboxylic acids is 2. The quantitative estimate of drug-likeness (QED) is 0.510. The molecule has 1 aromatic heterocycles. The van der Waals surface area contributed by atoms with E-state index in [1.165, 1.54) is 30.9 Å². The van der Waals surface area contributed by atoms with Crippen molar-refractivity contribution in [3.05, 3.63) is 52.6 Å². The van der Waals surface area contributed by atoms with Gasteiger partial charge in [-0.3, -0.25) is 9.59 Å². The average Bonchev–Trinajstić information content (AvgIpc) is 3.03. The van der Waals surface area contributed by atoms with Crippen molar-refractivity contribution in [2.45, 2.75) is 12.7 Å². The highest BCUT2D eigenvalue weighted by Crippen LogP contribution is 2.31. The minimum Gasteiger partial charge on any atom is -0.497 e. The third-order valence-corrected chi connectivity index (χ3v) is 4.83. The summed E-state index contributed by atoms with van der Waals surface area (Å²) in [4.78, 5) is 24.4. The molecule has 158 valence electrons. The smallest absolute Gasteiger partial charge is 0.454 e. The SMILES string of the molecule is COc1ccc(OC)c(NC(=O)Cn2cc(C(=O)C(F)(F)F)c3cc(Br)ccc32)c1. The Morgan fingerprint density at radius 2 is 1.83 bits per heavy atom. The molecule has 30 heavy (non-hydrogen) atoms. The summed E-state index contributed by atoms with van der Waals surface area (Å²) < 4.78 is 51.1. The monoisotopic (exact) mass is 484 g/mol. The maximum atomic E-state index is 13.0. The van der Waals surface area contributed by atoms with Crippen molar-refractivity contribution in [1.82, 2.24) is 4.57 Å². The summed E-state index contributed by atoms with van der Waals surface area (Å²) in [5.41, 5.74) is 0.136. The average molecular weight is 485 g/mol. The van der Waals surface area contributed by atoms with Gasteiger partial charge in [0.15, 0.2) is 0 Å². The molecule has 0 fully saturated rings. The molecule has 6 nitrogen and oxygen atoms in total. The third-order valence-electron chi connectivity index (χ3n) is 4.34. The van der Waals surface area contributed by atoms with Crippen LogP contribution in [0.5, 0.6) is 11.5 Å². The number of ketones is 1. The summed E-state index contributed by atoms with van der Waals surface area (Å²) in [5.74, 6) is -1.62. The number of amides is 1. The summed E-state index contributed by atoms with van der Waals surface area (Å²) in [7, 11) is 2.90. The summed E-state index contributed by atoms with van der Waals surface area (Å²) in [6.45, 7) is -0.316. The number of rotatable bonds is 6. The Kier molecular flexibility index (Phi) is 6.06. The number of halogens is 4. The molecule has 0 aliphatic heterocycles. The zero-order chi connectivity index (χ0) is 22.1. The highest BCUT2D eigenvalue weighted by atomic mass is 79.9. The Hall–Kier alpha value is -3.01. The topological polar surface area (TPSA) is 69.6 Å². The van der Waals surface area contributed by atoms with Gasteiger partial charge in [0, 0.05) is 27.6 Å². The van der Waals surface area contributed by atoms with E-state index in [1.807, 2.05) is 0 Å². The van der Waals surface area contributed by atoms with Crippen LogP contribution in [0.2, 0.25) is 0 Å². The molecule has 10 heteroatoms. The molecule has 2 aromatic carbocycles. The number of hydrogen-bond acceptors (Lipinski definition) is 4. The first-order chi connectivity index (χ1) is 14.1. The molecule has 1 N–H and O–H groups in total. The number of nitrogens with zero attached hydrogens (tertiary/aromatic N) is 1. The van der Waals surface area contributed by atoms with Gasteiger partial charge in [-0.25, -0.2) is 0 Å². The van der Waals surface area contributed by atoms with E-state index in [0.29, 0.717) is 27.2 Å². The van der Waals surface area contributed by atoms with Crippen LogP contribution in [-0.4, -0.2) is 36.7 Å². The predicted molar refractivity (Wildman–Crippen MR) is 108 cm³/mol. The maximum Gasteiger partial charge on any atom is 0.454 e. The minimum absolute atomic E-state index is 0.0958. The maximum absolute atomic E-state index is 13.0. The van der Waals surface area contributed by atoms with Gasteiger partial charge in [-0.15, -0.1) is 0 Å². The molecule has 0 bridgehead atoms. The Balaban J connectivity index is 1.95. The Morgan fingerprint density at radius 1 is 1.10 bits per heavy atom. The van der Waals surface area contributed by atoms with Crippen LogP contribution in [0, 0.1) is 0 Å². The van der Waals surface area contributed by atoms with Gasteiger partial charge in [0.05, 0.1) is 25.5 Å². The van der Waals surface area contributed by atoms with Crippen LogP contribution < -0.4 is 14.8 Å². The molecule has 0 saturated carbocycles. The zero-order valence-electron chi connectivity index (χ0n) is 15.8. The van der Waals surface area contributed by atoms with Crippen molar-refractivity contribution in [3.8, 4) is 11.5 Å². The molecule has 0 unspecified atom stereocenters. The first-order valence-electron chi connectivity index (χ1n) is 8.56. The van der Waals surface area contributed by atoms with E-state index in [2.05, 4.69) is 21.2 Å². The number of alkyl halides is 3. The number of aromatic nitrogens is 1. The van der Waals surface area contributed by atoms with Gasteiger partial charge in [0.2, 0.25) is 5.91 Å². The standard InChI is InChI=1S/C20H16BrF3N2O4/c1-29-12-4-6-17(30-2)15(8-12)25-18(27)10-26-9-14(19(28)20(22,23)24)13-7-11(21)3-5-16(13)26/h3-9H,10H2,1-2H3,(H,25,27). The lowest BCUT2D eigenvalue weighted by atomic mass is 10.1. The van der Waals surface area contributed by atoms with Crippen LogP contribution in [0.25, 0.3) is 10.9 Å². The number of anilines is 1. The van der Waals surface area contributed by atoms with Crippen LogP contribution in [0.15, 0.2) is 47.1 Å². The van der Waals surface area contributed by atoms with Crippen molar-refractivity contribution in [3.63, 3.8) is 0 Å². The molecule has 1 amide bonds. The number of Topliss-reactive ketones (excluding diaryl/α,β-unsaturated/α-hetero) is 1. The number of ether oxygens (including phenoxy) is 2. The van der Waals surface area contributed by atoms with Crippen LogP contribution in [-0.2, 0) is 11.3 Å². The summed E-state index contributed by atoms with van der Waals surface area (Å²) >= 11 is 3.19. The molecule has 3 rings (SSSR count). The third kappa shape index (κ3) is 4.43. The Bertz CT molecular complexity index is 1130. The van der Waals surface area contributed by atoms with Crippen LogP contribution >= 0.6 is 15.9 Å². The van der Waals surface area contributed by atoms with E-state index in [-0.39, 0.29) is 11.9 Å². The normalized spacial score (nSPS) is 11.4. The van der Waals surface area contributed by atoms with E-state index in [0.717, 1.165) is 6.20 Å². The van der Waals surface area contributed by atoms with Crippen molar-refractivity contribution < 1.29 is 32.2 Å². The first-order valence-corrected chi connectivity index (χ1v) is 9.35. The number of nitrogens with one attached hydrogen (secondary N) is 1. The fourth-order valence-electron chi connectivity index (χ4n) is 2.99. The van der Waals surface area contributed by atoms with Crippen LogP contribution in [0.1, 0.15) is 10.4 Å². The summed E-state index contributed by atoms with van der Waals surface area (Å²) in [6, 6.07) is 9.38. The van der Waals surface area contributed by atoms with E-state index in [1.54, 1.807) is 24.3 Å². The second-order valence-electron chi connectivity index (χ2n) is 6.27. The summed E-state index contributed by atoms with van der Waals surface area (Å²) in [6.07, 6.45) is -3.99. The molecule has 0 aliphatic rings. The summed E-state index contributed by atoms with van der Waals surface area (Å²) in [5, 5.41) is 2.74. The Morgan fingerprint density at radius 3 is 2.47 bits per heavy atom. The number of fused-ring (bicyclic) bond motifs is 1. The fourth-order valence-corrected chi connectivity index (χ4v) is 3.35. The van der Waals surface area contributed by atoms with Gasteiger partial charge >= 0.3 is 6.18 Å². The van der Waals surface area contributed by atoms with Crippen molar-refractivity contribution >= 4 is 44.2 Å². The van der Waals surface area contributed by atoms with Crippen LogP contribution in [0.4, 0.5) is 18.9 Å². The molecule has 0 aliphatic carbocycles. The second kappa shape index (κ2) is 8.39. The largest absolute Gasteiger partial charge is 0.497 e. The number of methoxy groups -OCH3 is 2. The predicted octanol–water partition coefficient (Wildman–Crippen LogP) is 4.80. The zero-order valence-corrected chi connectivity index (χ0v) is 17.4. The van der Waals surface area contributed by atoms with Gasteiger partial charge in [-0.2, -0.15) is 13.2 Å². The van der Waals surface area contributed by atoms with Gasteiger partial charge in [-0.1, -0.05) is 15.9 Å². The van der Waals surface area contributed by atoms with Crippen LogP contribution in [0.3, 0.4) is 0 Å². The van der Waals surface area contributed by atoms with Gasteiger partial charge < -0.3 is 19.4 Å². The number of hydrogen-bond donors (Lipinski definition) is 1. The van der Waals surface area contributed by atoms with Crippen molar-refractivity contribution in [2.75, 3.05) is 19.5 Å². The molecule has 3 aromatic rings. The van der Waals surface area contributed by atoms with E-state index in [9.17, 15) is 22.8 Å². The van der Waals surface area contributed by atoms with E-state index in [4.69, 9.17) is 9.47 Å². The fraction of sp³-hybridized carbons (Fsp3) is 0.200. The molecular weight excluding hydrogens is 469 g/mol. The lowest BCUT2D eigenvalue weighted by Crippen LogP contribution is -2.22.